The molecule has 0 aliphatic rings. The van der Waals surface area contributed by atoms with Gasteiger partial charge in [0.15, 0.2) is 5.82 Å². The summed E-state index contributed by atoms with van der Waals surface area (Å²) in [5.74, 6) is 0.905. The summed E-state index contributed by atoms with van der Waals surface area (Å²) < 4.78 is 0. The molecule has 7 nitrogen and oxygen atoms in total. The summed E-state index contributed by atoms with van der Waals surface area (Å²) in [7, 11) is 0. The van der Waals surface area contributed by atoms with Crippen LogP contribution in [-0.4, -0.2) is 26.1 Å². The molecule has 7 heteroatoms. The van der Waals surface area contributed by atoms with E-state index in [2.05, 4.69) is 25.5 Å². The van der Waals surface area contributed by atoms with Crippen molar-refractivity contribution in [3.63, 3.8) is 0 Å². The van der Waals surface area contributed by atoms with Gasteiger partial charge in [0.1, 0.15) is 5.82 Å². The Kier molecular flexibility index (Phi) is 4.52. The third-order valence-corrected chi connectivity index (χ3v) is 3.22. The van der Waals surface area contributed by atoms with Crippen molar-refractivity contribution in [2.24, 2.45) is 0 Å². The Morgan fingerprint density at radius 2 is 2.14 bits per heavy atom. The molecule has 0 aliphatic heterocycles. The second kappa shape index (κ2) is 6.34. The number of amides is 1. The quantitative estimate of drug-likeness (QED) is 0.770. The number of carbonyl (C=O) groups is 1. The highest BCUT2D eigenvalue weighted by Gasteiger charge is 2.10. The minimum absolute atomic E-state index is 0.177. The molecule has 112 valence electrons. The molecule has 2 rings (SSSR count). The van der Waals surface area contributed by atoms with Crippen molar-refractivity contribution in [2.75, 3.05) is 5.32 Å². The van der Waals surface area contributed by atoms with Crippen LogP contribution in [-0.2, 0) is 17.6 Å². The maximum absolute atomic E-state index is 11.9. The number of carbonyl (C=O) groups excluding carboxylic acids is 1. The van der Waals surface area contributed by atoms with Gasteiger partial charge in [0.25, 0.3) is 5.56 Å². The fourth-order valence-corrected chi connectivity index (χ4v) is 2.10. The summed E-state index contributed by atoms with van der Waals surface area (Å²) in [5.41, 5.74) is 1.99. The van der Waals surface area contributed by atoms with Gasteiger partial charge < -0.3 is 10.3 Å². The third-order valence-electron chi connectivity index (χ3n) is 3.22. The van der Waals surface area contributed by atoms with E-state index in [1.165, 1.54) is 0 Å². The van der Waals surface area contributed by atoms with E-state index in [4.69, 9.17) is 0 Å². The number of aryl methyl sites for hydroxylation is 3. The van der Waals surface area contributed by atoms with E-state index >= 15 is 0 Å². The van der Waals surface area contributed by atoms with Crippen LogP contribution in [0.5, 0.6) is 0 Å². The van der Waals surface area contributed by atoms with Crippen LogP contribution in [0.15, 0.2) is 10.9 Å². The Labute approximate surface area is 122 Å². The van der Waals surface area contributed by atoms with Gasteiger partial charge >= 0.3 is 0 Å². The van der Waals surface area contributed by atoms with Gasteiger partial charge in [0.05, 0.1) is 0 Å². The molecule has 0 saturated heterocycles. The molecule has 0 radical (unpaired) electrons. The first-order valence-electron chi connectivity index (χ1n) is 6.90. The van der Waals surface area contributed by atoms with Crippen molar-refractivity contribution < 1.29 is 4.79 Å². The first-order valence-corrected chi connectivity index (χ1v) is 6.90. The number of aromatic nitrogens is 4. The predicted molar refractivity (Wildman–Crippen MR) is 79.2 cm³/mol. The lowest BCUT2D eigenvalue weighted by atomic mass is 10.1. The number of hydrogen-bond acceptors (Lipinski definition) is 4. The zero-order chi connectivity index (χ0) is 15.4. The van der Waals surface area contributed by atoms with E-state index in [1.807, 2.05) is 6.92 Å². The smallest absolute Gasteiger partial charge is 0.254 e. The minimum atomic E-state index is -0.180. The van der Waals surface area contributed by atoms with Crippen LogP contribution in [0.25, 0.3) is 0 Å². The van der Waals surface area contributed by atoms with Crippen LogP contribution in [0.3, 0.4) is 0 Å². The summed E-state index contributed by atoms with van der Waals surface area (Å²) in [5, 5.41) is 9.52. The van der Waals surface area contributed by atoms with Crippen LogP contribution in [0.2, 0.25) is 0 Å². The first kappa shape index (κ1) is 15.0. The minimum Gasteiger partial charge on any atom is -0.311 e. The van der Waals surface area contributed by atoms with Gasteiger partial charge in [-0.3, -0.25) is 14.7 Å². The molecule has 0 saturated carbocycles. The summed E-state index contributed by atoms with van der Waals surface area (Å²) in [6, 6.07) is 1.80. The summed E-state index contributed by atoms with van der Waals surface area (Å²) in [6.07, 6.45) is 1.39. The Morgan fingerprint density at radius 3 is 2.76 bits per heavy atom. The fourth-order valence-electron chi connectivity index (χ4n) is 2.10. The highest BCUT2D eigenvalue weighted by atomic mass is 16.1. The van der Waals surface area contributed by atoms with Gasteiger partial charge in [-0.05, 0) is 26.7 Å². The maximum Gasteiger partial charge on any atom is 0.254 e. The number of H-pyrrole nitrogens is 2. The lowest BCUT2D eigenvalue weighted by Gasteiger charge is -2.05. The van der Waals surface area contributed by atoms with Crippen LogP contribution < -0.4 is 10.9 Å². The zero-order valence-corrected chi connectivity index (χ0v) is 12.4. The molecule has 0 atom stereocenters. The Hall–Kier alpha value is -2.44. The molecule has 2 aromatic rings. The van der Waals surface area contributed by atoms with Crippen molar-refractivity contribution in [3.8, 4) is 0 Å². The van der Waals surface area contributed by atoms with Gasteiger partial charge in [0, 0.05) is 29.4 Å². The van der Waals surface area contributed by atoms with Crippen molar-refractivity contribution in [3.05, 3.63) is 39.2 Å². The Morgan fingerprint density at radius 1 is 1.38 bits per heavy atom. The molecule has 0 spiro atoms. The second-order valence-electron chi connectivity index (χ2n) is 4.90. The van der Waals surface area contributed by atoms with Crippen LogP contribution in [0.4, 0.5) is 5.82 Å². The number of nitrogens with zero attached hydrogens (tertiary/aromatic N) is 2. The predicted octanol–water partition coefficient (Wildman–Crippen LogP) is 1.24. The monoisotopic (exact) mass is 289 g/mol. The van der Waals surface area contributed by atoms with Crippen LogP contribution in [0, 0.1) is 13.8 Å². The average molecular weight is 289 g/mol. The van der Waals surface area contributed by atoms with E-state index < -0.39 is 0 Å². The van der Waals surface area contributed by atoms with E-state index in [1.54, 1.807) is 19.9 Å². The van der Waals surface area contributed by atoms with Crippen LogP contribution in [0.1, 0.15) is 36.1 Å². The summed E-state index contributed by atoms with van der Waals surface area (Å²) >= 11 is 0. The third kappa shape index (κ3) is 3.77. The number of aromatic amines is 2. The second-order valence-corrected chi connectivity index (χ2v) is 4.90. The van der Waals surface area contributed by atoms with Gasteiger partial charge in [-0.25, -0.2) is 4.98 Å². The zero-order valence-electron chi connectivity index (χ0n) is 12.4. The molecule has 21 heavy (non-hydrogen) atoms. The summed E-state index contributed by atoms with van der Waals surface area (Å²) in [6.45, 7) is 5.50. The van der Waals surface area contributed by atoms with Crippen molar-refractivity contribution >= 4 is 11.7 Å². The van der Waals surface area contributed by atoms with Crippen LogP contribution >= 0.6 is 0 Å². The molecule has 0 aromatic carbocycles. The molecule has 2 heterocycles. The molecular formula is C14H19N5O2. The molecule has 0 bridgehead atoms. The number of anilines is 1. The standard InChI is InChI=1S/C14H19N5O2/c1-4-10-7-12(19-18-10)17-13(20)6-5-11-8(2)15-9(3)16-14(11)21/h7H,4-6H2,1-3H3,(H,15,16,21)(H2,17,18,19,20). The lowest BCUT2D eigenvalue weighted by Crippen LogP contribution is -2.20. The Balaban J connectivity index is 1.97. The number of hydrogen-bond donors (Lipinski definition) is 3. The van der Waals surface area contributed by atoms with E-state index in [-0.39, 0.29) is 17.9 Å². The maximum atomic E-state index is 11.9. The molecule has 2 aromatic heterocycles. The van der Waals surface area contributed by atoms with Gasteiger partial charge in [-0.1, -0.05) is 6.92 Å². The van der Waals surface area contributed by atoms with Crippen molar-refractivity contribution in [1.29, 1.82) is 0 Å². The van der Waals surface area contributed by atoms with E-state index in [0.717, 1.165) is 12.1 Å². The first-order chi connectivity index (χ1) is 9.99. The molecule has 1 amide bonds. The molecular weight excluding hydrogens is 270 g/mol. The van der Waals surface area contributed by atoms with Gasteiger partial charge in [-0.15, -0.1) is 0 Å². The average Bonchev–Trinajstić information content (AvgIpc) is 2.85. The molecule has 0 fully saturated rings. The SMILES string of the molecule is CCc1cc(NC(=O)CCc2c(C)nc(C)[nH]c2=O)n[nH]1. The normalized spacial score (nSPS) is 10.6. The number of rotatable bonds is 5. The topological polar surface area (TPSA) is 104 Å². The molecule has 0 aliphatic carbocycles. The number of nitrogens with one attached hydrogen (secondary N) is 3. The molecule has 0 unspecified atom stereocenters. The van der Waals surface area contributed by atoms with Crippen molar-refractivity contribution in [2.45, 2.75) is 40.0 Å². The lowest BCUT2D eigenvalue weighted by molar-refractivity contribution is -0.116. The van der Waals surface area contributed by atoms with E-state index in [0.29, 0.717) is 29.3 Å². The summed E-state index contributed by atoms with van der Waals surface area (Å²) in [4.78, 5) is 30.6. The molecule has 3 N–H and O–H groups in total. The van der Waals surface area contributed by atoms with Gasteiger partial charge in [-0.2, -0.15) is 5.10 Å². The van der Waals surface area contributed by atoms with E-state index in [9.17, 15) is 9.59 Å². The van der Waals surface area contributed by atoms with Crippen molar-refractivity contribution in [1.82, 2.24) is 20.2 Å². The highest BCUT2D eigenvalue weighted by molar-refractivity contribution is 5.89. The fraction of sp³-hybridized carbons (Fsp3) is 0.429. The van der Waals surface area contributed by atoms with Gasteiger partial charge in [0.2, 0.25) is 5.91 Å². The highest BCUT2D eigenvalue weighted by Crippen LogP contribution is 2.08. The largest absolute Gasteiger partial charge is 0.311 e. The Bertz CT molecular complexity index is 702.